The first-order chi connectivity index (χ1) is 21.6. The summed E-state index contributed by atoms with van der Waals surface area (Å²) in [5, 5.41) is 7.88. The second kappa shape index (κ2) is 18.2. The van der Waals surface area contributed by atoms with Crippen molar-refractivity contribution < 1.29 is 28.5 Å². The lowest BCUT2D eigenvalue weighted by molar-refractivity contribution is -0.0718. The fraction of sp³-hybridized carbons (Fsp3) is 0.459. The summed E-state index contributed by atoms with van der Waals surface area (Å²) in [6, 6.07) is 19.5. The first kappa shape index (κ1) is 33.2. The Balaban J connectivity index is 1.14. The fourth-order valence-corrected chi connectivity index (χ4v) is 5.04. The van der Waals surface area contributed by atoms with E-state index >= 15 is 0 Å². The number of carbonyl (C=O) groups is 1. The van der Waals surface area contributed by atoms with Gasteiger partial charge in [-0.25, -0.2) is 4.79 Å². The molecule has 7 nitrogen and oxygen atoms in total. The third-order valence-corrected chi connectivity index (χ3v) is 7.72. The van der Waals surface area contributed by atoms with Crippen molar-refractivity contribution in [2.75, 3.05) is 39.6 Å². The van der Waals surface area contributed by atoms with Gasteiger partial charge in [0.2, 0.25) is 0 Å². The molecule has 0 atom stereocenters. The predicted octanol–water partition coefficient (Wildman–Crippen LogP) is 7.53. The van der Waals surface area contributed by atoms with E-state index in [0.717, 1.165) is 87.4 Å². The molecule has 1 saturated heterocycles. The van der Waals surface area contributed by atoms with Gasteiger partial charge in [-0.15, -0.1) is 0 Å². The molecule has 4 rings (SSSR count). The Morgan fingerprint density at radius 3 is 2.27 bits per heavy atom. The number of esters is 1. The molecule has 0 amide bonds. The first-order valence-electron chi connectivity index (χ1n) is 16.0. The van der Waals surface area contributed by atoms with Crippen molar-refractivity contribution in [2.45, 2.75) is 65.4 Å². The van der Waals surface area contributed by atoms with Gasteiger partial charge in [0, 0.05) is 30.7 Å². The second-order valence-electron chi connectivity index (χ2n) is 11.5. The molecule has 3 aromatic carbocycles. The van der Waals surface area contributed by atoms with Crippen LogP contribution in [0, 0.1) is 18.3 Å². The molecule has 0 bridgehead atoms. The predicted molar refractivity (Wildman–Crippen MR) is 173 cm³/mol. The highest BCUT2D eigenvalue weighted by Gasteiger charge is 2.17. The van der Waals surface area contributed by atoms with Crippen LogP contribution in [0.5, 0.6) is 11.5 Å². The van der Waals surface area contributed by atoms with Crippen LogP contribution in [0.15, 0.2) is 60.7 Å². The summed E-state index contributed by atoms with van der Waals surface area (Å²) in [6.45, 7) is 8.92. The van der Waals surface area contributed by atoms with E-state index in [2.05, 4.69) is 19.9 Å². The molecule has 0 unspecified atom stereocenters. The molecule has 1 fully saturated rings. The van der Waals surface area contributed by atoms with Crippen LogP contribution in [-0.2, 0) is 33.7 Å². The highest BCUT2D eigenvalue weighted by Crippen LogP contribution is 2.23. The summed E-state index contributed by atoms with van der Waals surface area (Å²) in [5.74, 6) is 1.83. The van der Waals surface area contributed by atoms with Gasteiger partial charge in [0.05, 0.1) is 38.6 Å². The summed E-state index contributed by atoms with van der Waals surface area (Å²) in [7, 11) is 0. The number of nitrogens with one attached hydrogen (secondary N) is 1. The van der Waals surface area contributed by atoms with E-state index in [9.17, 15) is 4.79 Å². The SMILES string of the molecule is CCCc1ccc(C(=O)OCCc2ccc(OCc3ccc(OCCCCCCOCC4COC4)c(C)c3)c(C=N)c2)cc1. The van der Waals surface area contributed by atoms with Gasteiger partial charge in [-0.1, -0.05) is 44.0 Å². The van der Waals surface area contributed by atoms with E-state index in [0.29, 0.717) is 42.4 Å². The number of hydrogen-bond acceptors (Lipinski definition) is 7. The summed E-state index contributed by atoms with van der Waals surface area (Å²) in [6.07, 6.45) is 8.33. The molecule has 7 heteroatoms. The van der Waals surface area contributed by atoms with Crippen molar-refractivity contribution >= 4 is 12.2 Å². The molecule has 0 saturated carbocycles. The smallest absolute Gasteiger partial charge is 0.338 e. The molecule has 1 aliphatic rings. The minimum Gasteiger partial charge on any atom is -0.493 e. The largest absolute Gasteiger partial charge is 0.493 e. The van der Waals surface area contributed by atoms with Crippen LogP contribution in [-0.4, -0.2) is 51.8 Å². The summed E-state index contributed by atoms with van der Waals surface area (Å²) < 4.78 is 28.4. The van der Waals surface area contributed by atoms with Crippen molar-refractivity contribution in [3.63, 3.8) is 0 Å². The summed E-state index contributed by atoms with van der Waals surface area (Å²) >= 11 is 0. The average molecular weight is 602 g/mol. The van der Waals surface area contributed by atoms with Crippen molar-refractivity contribution in [2.24, 2.45) is 5.92 Å². The van der Waals surface area contributed by atoms with Crippen LogP contribution in [0.1, 0.15) is 77.2 Å². The molecule has 0 aromatic heterocycles. The van der Waals surface area contributed by atoms with Crippen LogP contribution in [0.2, 0.25) is 0 Å². The fourth-order valence-electron chi connectivity index (χ4n) is 5.04. The van der Waals surface area contributed by atoms with E-state index in [1.807, 2.05) is 54.6 Å². The molecule has 3 aromatic rings. The molecule has 1 N–H and O–H groups in total. The normalized spacial score (nSPS) is 12.9. The molecular weight excluding hydrogens is 554 g/mol. The number of benzene rings is 3. The number of rotatable bonds is 20. The number of unbranched alkanes of at least 4 members (excludes halogenated alkanes) is 3. The Labute approximate surface area is 262 Å². The first-order valence-corrected chi connectivity index (χ1v) is 16.0. The van der Waals surface area contributed by atoms with Crippen LogP contribution >= 0.6 is 0 Å². The zero-order valence-electron chi connectivity index (χ0n) is 26.3. The van der Waals surface area contributed by atoms with Gasteiger partial charge in [0.25, 0.3) is 0 Å². The second-order valence-corrected chi connectivity index (χ2v) is 11.5. The minimum atomic E-state index is -0.320. The Hall–Kier alpha value is -3.68. The third kappa shape index (κ3) is 10.8. The van der Waals surface area contributed by atoms with Crippen LogP contribution in [0.25, 0.3) is 0 Å². The lowest BCUT2D eigenvalue weighted by Gasteiger charge is -2.25. The maximum Gasteiger partial charge on any atom is 0.338 e. The average Bonchev–Trinajstić information content (AvgIpc) is 3.01. The van der Waals surface area contributed by atoms with Gasteiger partial charge < -0.3 is 29.1 Å². The van der Waals surface area contributed by atoms with E-state index in [4.69, 9.17) is 29.1 Å². The lowest BCUT2D eigenvalue weighted by Crippen LogP contribution is -2.31. The maximum atomic E-state index is 12.4. The molecule has 0 aliphatic carbocycles. The summed E-state index contributed by atoms with van der Waals surface area (Å²) in [5.41, 5.74) is 5.57. The Bertz CT molecular complexity index is 1320. The van der Waals surface area contributed by atoms with Crippen molar-refractivity contribution in [1.82, 2.24) is 0 Å². The van der Waals surface area contributed by atoms with Gasteiger partial charge in [-0.3, -0.25) is 0 Å². The Kier molecular flexibility index (Phi) is 13.7. The third-order valence-electron chi connectivity index (χ3n) is 7.72. The standard InChI is InChI=1S/C37H47NO6/c1-3-8-29-9-13-33(14-10-29)37(39)43-20-17-30-11-16-36(34(22-30)23-38)44-27-31-12-15-35(28(2)21-31)42-19-7-5-4-6-18-40-24-32-25-41-26-32/h9-16,21-23,32,38H,3-8,17-20,24-27H2,1-2H3. The Morgan fingerprint density at radius 1 is 0.841 bits per heavy atom. The molecular formula is C37H47NO6. The van der Waals surface area contributed by atoms with E-state index in [1.165, 1.54) is 11.8 Å². The number of ether oxygens (including phenoxy) is 5. The maximum absolute atomic E-state index is 12.4. The van der Waals surface area contributed by atoms with Crippen LogP contribution in [0.4, 0.5) is 0 Å². The lowest BCUT2D eigenvalue weighted by atomic mass is 10.1. The summed E-state index contributed by atoms with van der Waals surface area (Å²) in [4.78, 5) is 12.4. The van der Waals surface area contributed by atoms with Crippen molar-refractivity contribution in [3.05, 3.63) is 94.0 Å². The topological polar surface area (TPSA) is 87.1 Å². The quantitative estimate of drug-likeness (QED) is 0.0819. The molecule has 236 valence electrons. The highest BCUT2D eigenvalue weighted by atomic mass is 16.5. The van der Waals surface area contributed by atoms with Gasteiger partial charge in [0.15, 0.2) is 0 Å². The molecule has 0 spiro atoms. The molecule has 1 heterocycles. The zero-order valence-corrected chi connectivity index (χ0v) is 26.3. The number of hydrogen-bond donors (Lipinski definition) is 1. The highest BCUT2D eigenvalue weighted by molar-refractivity contribution is 5.89. The molecule has 1 aliphatic heterocycles. The van der Waals surface area contributed by atoms with E-state index in [1.54, 1.807) is 0 Å². The number of carbonyl (C=O) groups excluding carboxylic acids is 1. The van der Waals surface area contributed by atoms with Gasteiger partial charge >= 0.3 is 5.97 Å². The number of aryl methyl sites for hydroxylation is 2. The molecule has 44 heavy (non-hydrogen) atoms. The van der Waals surface area contributed by atoms with Crippen LogP contribution < -0.4 is 9.47 Å². The van der Waals surface area contributed by atoms with Gasteiger partial charge in [-0.2, -0.15) is 0 Å². The zero-order chi connectivity index (χ0) is 31.0. The van der Waals surface area contributed by atoms with Crippen LogP contribution in [0.3, 0.4) is 0 Å². The van der Waals surface area contributed by atoms with Gasteiger partial charge in [-0.05, 0) is 91.3 Å². The van der Waals surface area contributed by atoms with Gasteiger partial charge in [0.1, 0.15) is 18.1 Å². The van der Waals surface area contributed by atoms with Crippen molar-refractivity contribution in [1.29, 1.82) is 5.41 Å². The Morgan fingerprint density at radius 2 is 1.57 bits per heavy atom. The monoisotopic (exact) mass is 601 g/mol. The minimum absolute atomic E-state index is 0.271. The van der Waals surface area contributed by atoms with E-state index in [-0.39, 0.29) is 12.6 Å². The van der Waals surface area contributed by atoms with E-state index < -0.39 is 0 Å². The molecule has 0 radical (unpaired) electrons. The van der Waals surface area contributed by atoms with Crippen molar-refractivity contribution in [3.8, 4) is 11.5 Å².